The van der Waals surface area contributed by atoms with E-state index in [2.05, 4.69) is 9.97 Å². The van der Waals surface area contributed by atoms with Crippen molar-refractivity contribution in [1.82, 2.24) is 19.9 Å². The molecule has 0 fully saturated rings. The molecule has 2 N–H and O–H groups in total. The quantitative estimate of drug-likeness (QED) is 0.880. The Hall–Kier alpha value is -2.42. The van der Waals surface area contributed by atoms with Crippen LogP contribution in [0.5, 0.6) is 0 Å². The van der Waals surface area contributed by atoms with Crippen molar-refractivity contribution in [2.24, 2.45) is 0 Å². The molecule has 21 heavy (non-hydrogen) atoms. The van der Waals surface area contributed by atoms with Crippen molar-refractivity contribution in [3.8, 4) is 5.82 Å². The second-order valence-corrected chi connectivity index (χ2v) is 4.14. The molecule has 2 heterocycles. The zero-order valence-electron chi connectivity index (χ0n) is 10.6. The lowest BCUT2D eigenvalue weighted by molar-refractivity contribution is -0.201. The van der Waals surface area contributed by atoms with Gasteiger partial charge < -0.3 is 10.4 Å². The number of amides is 1. The zero-order valence-corrected chi connectivity index (χ0v) is 10.6. The van der Waals surface area contributed by atoms with Gasteiger partial charge in [0.15, 0.2) is 6.10 Å². The number of carbonyl (C=O) groups excluding carboxylic acids is 1. The number of aromatic nitrogens is 3. The summed E-state index contributed by atoms with van der Waals surface area (Å²) in [4.78, 5) is 19.5. The molecule has 2 aromatic heterocycles. The second-order valence-electron chi connectivity index (χ2n) is 4.14. The number of hydrogen-bond acceptors (Lipinski definition) is 4. The number of alkyl halides is 3. The number of carbonyl (C=O) groups is 1. The van der Waals surface area contributed by atoms with Crippen molar-refractivity contribution >= 4 is 5.91 Å². The Kier molecular flexibility index (Phi) is 4.22. The summed E-state index contributed by atoms with van der Waals surface area (Å²) >= 11 is 0. The SMILES string of the molecule is O=C(NCC(O)C(F)(F)F)c1ccc(-n2ccnc2)nc1. The maximum absolute atomic E-state index is 12.1. The van der Waals surface area contributed by atoms with Crippen molar-refractivity contribution in [2.45, 2.75) is 12.3 Å². The van der Waals surface area contributed by atoms with Crippen LogP contribution in [0.3, 0.4) is 0 Å². The molecular formula is C12H11F3N4O2. The third-order valence-electron chi connectivity index (χ3n) is 2.61. The highest BCUT2D eigenvalue weighted by Crippen LogP contribution is 2.19. The summed E-state index contributed by atoms with van der Waals surface area (Å²) in [5, 5.41) is 10.8. The van der Waals surface area contributed by atoms with Crippen molar-refractivity contribution in [3.05, 3.63) is 42.6 Å². The molecule has 0 aliphatic rings. The van der Waals surface area contributed by atoms with Gasteiger partial charge in [-0.15, -0.1) is 0 Å². The summed E-state index contributed by atoms with van der Waals surface area (Å²) in [6.07, 6.45) is -1.41. The average molecular weight is 300 g/mol. The van der Waals surface area contributed by atoms with Gasteiger partial charge in [-0.1, -0.05) is 0 Å². The first kappa shape index (κ1) is 15.0. The summed E-state index contributed by atoms with van der Waals surface area (Å²) < 4.78 is 37.9. The van der Waals surface area contributed by atoms with Crippen LogP contribution in [0.2, 0.25) is 0 Å². The summed E-state index contributed by atoms with van der Waals surface area (Å²) in [7, 11) is 0. The second kappa shape index (κ2) is 5.92. The average Bonchev–Trinajstić information content (AvgIpc) is 2.97. The maximum Gasteiger partial charge on any atom is 0.416 e. The van der Waals surface area contributed by atoms with E-state index in [0.717, 1.165) is 0 Å². The number of hydrogen-bond donors (Lipinski definition) is 2. The molecular weight excluding hydrogens is 289 g/mol. The van der Waals surface area contributed by atoms with Gasteiger partial charge in [-0.05, 0) is 12.1 Å². The van der Waals surface area contributed by atoms with Crippen LogP contribution in [0.25, 0.3) is 5.82 Å². The van der Waals surface area contributed by atoms with E-state index in [1.165, 1.54) is 24.7 Å². The van der Waals surface area contributed by atoms with Gasteiger partial charge in [-0.2, -0.15) is 13.2 Å². The van der Waals surface area contributed by atoms with E-state index in [4.69, 9.17) is 5.11 Å². The largest absolute Gasteiger partial charge is 0.416 e. The van der Waals surface area contributed by atoms with Crippen molar-refractivity contribution < 1.29 is 23.1 Å². The number of halogens is 3. The Morgan fingerprint density at radius 2 is 2.19 bits per heavy atom. The summed E-state index contributed by atoms with van der Waals surface area (Å²) in [5.74, 6) is -0.234. The number of rotatable bonds is 4. The summed E-state index contributed by atoms with van der Waals surface area (Å²) in [5.41, 5.74) is 0.0910. The van der Waals surface area contributed by atoms with Crippen molar-refractivity contribution in [3.63, 3.8) is 0 Å². The minimum Gasteiger partial charge on any atom is -0.382 e. The molecule has 1 unspecified atom stereocenters. The number of aliphatic hydroxyl groups is 1. The molecule has 1 amide bonds. The number of imidazole rings is 1. The van der Waals surface area contributed by atoms with E-state index in [-0.39, 0.29) is 5.56 Å². The molecule has 0 aromatic carbocycles. The van der Waals surface area contributed by atoms with Crippen molar-refractivity contribution in [1.29, 1.82) is 0 Å². The fourth-order valence-corrected chi connectivity index (χ4v) is 1.47. The topological polar surface area (TPSA) is 80.0 Å². The van der Waals surface area contributed by atoms with Crippen LogP contribution in [0.15, 0.2) is 37.1 Å². The lowest BCUT2D eigenvalue weighted by atomic mass is 10.2. The van der Waals surface area contributed by atoms with Crippen LogP contribution in [0.4, 0.5) is 13.2 Å². The summed E-state index contributed by atoms with van der Waals surface area (Å²) in [6.45, 7) is -0.911. The van der Waals surface area contributed by atoms with Gasteiger partial charge in [-0.3, -0.25) is 9.36 Å². The Morgan fingerprint density at radius 3 is 2.71 bits per heavy atom. The molecule has 0 saturated heterocycles. The molecule has 1 atom stereocenters. The van der Waals surface area contributed by atoms with Crippen LogP contribution in [0, 0.1) is 0 Å². The molecule has 9 heteroatoms. The number of nitrogens with one attached hydrogen (secondary N) is 1. The molecule has 0 bridgehead atoms. The Labute approximate surface area is 117 Å². The molecule has 112 valence electrons. The van der Waals surface area contributed by atoms with Crippen LogP contribution >= 0.6 is 0 Å². The molecule has 0 aliphatic carbocycles. The Morgan fingerprint density at radius 1 is 1.43 bits per heavy atom. The molecule has 0 saturated carbocycles. The summed E-state index contributed by atoms with van der Waals surface area (Å²) in [6, 6.07) is 2.94. The smallest absolute Gasteiger partial charge is 0.382 e. The first-order valence-corrected chi connectivity index (χ1v) is 5.85. The van der Waals surface area contributed by atoms with E-state index in [1.807, 2.05) is 5.32 Å². The molecule has 0 radical (unpaired) electrons. The van der Waals surface area contributed by atoms with E-state index in [9.17, 15) is 18.0 Å². The van der Waals surface area contributed by atoms with Gasteiger partial charge in [0.1, 0.15) is 12.1 Å². The van der Waals surface area contributed by atoms with Gasteiger partial charge in [0, 0.05) is 18.6 Å². The monoisotopic (exact) mass is 300 g/mol. The van der Waals surface area contributed by atoms with E-state index >= 15 is 0 Å². The molecule has 0 spiro atoms. The normalized spacial score (nSPS) is 13.0. The fraction of sp³-hybridized carbons (Fsp3) is 0.250. The third-order valence-corrected chi connectivity index (χ3v) is 2.61. The highest BCUT2D eigenvalue weighted by Gasteiger charge is 2.38. The van der Waals surface area contributed by atoms with Gasteiger partial charge in [0.25, 0.3) is 5.91 Å². The predicted molar refractivity (Wildman–Crippen MR) is 65.8 cm³/mol. The fourth-order valence-electron chi connectivity index (χ4n) is 1.47. The Balaban J connectivity index is 1.97. The first-order valence-electron chi connectivity index (χ1n) is 5.85. The number of pyridine rings is 1. The van der Waals surface area contributed by atoms with Gasteiger partial charge in [0.05, 0.1) is 12.1 Å². The van der Waals surface area contributed by atoms with Gasteiger partial charge in [0.2, 0.25) is 0 Å². The first-order chi connectivity index (χ1) is 9.88. The van der Waals surface area contributed by atoms with Crippen LogP contribution in [-0.4, -0.2) is 44.4 Å². The maximum atomic E-state index is 12.1. The number of aliphatic hydroxyl groups excluding tert-OH is 1. The van der Waals surface area contributed by atoms with E-state index < -0.39 is 24.7 Å². The van der Waals surface area contributed by atoms with Crippen LogP contribution in [0.1, 0.15) is 10.4 Å². The highest BCUT2D eigenvalue weighted by molar-refractivity contribution is 5.93. The highest BCUT2D eigenvalue weighted by atomic mass is 19.4. The van der Waals surface area contributed by atoms with Crippen molar-refractivity contribution in [2.75, 3.05) is 6.54 Å². The molecule has 6 nitrogen and oxygen atoms in total. The predicted octanol–water partition coefficient (Wildman–Crippen LogP) is 0.920. The zero-order chi connectivity index (χ0) is 15.5. The molecule has 0 aliphatic heterocycles. The standard InChI is InChI=1S/C12H11F3N4O2/c13-12(14,15)9(20)6-18-11(21)8-1-2-10(17-5-8)19-4-3-16-7-19/h1-5,7,9,20H,6H2,(H,18,21). The lowest BCUT2D eigenvalue weighted by Gasteiger charge is -2.14. The van der Waals surface area contributed by atoms with Gasteiger partial charge in [-0.25, -0.2) is 9.97 Å². The van der Waals surface area contributed by atoms with Crippen LogP contribution < -0.4 is 5.32 Å². The molecule has 2 rings (SSSR count). The minimum atomic E-state index is -4.77. The lowest BCUT2D eigenvalue weighted by Crippen LogP contribution is -2.40. The number of nitrogens with zero attached hydrogens (tertiary/aromatic N) is 3. The van der Waals surface area contributed by atoms with Crippen LogP contribution in [-0.2, 0) is 0 Å². The molecule has 2 aromatic rings. The Bertz CT molecular complexity index is 596. The minimum absolute atomic E-state index is 0.0910. The van der Waals surface area contributed by atoms with E-state index in [0.29, 0.717) is 5.82 Å². The van der Waals surface area contributed by atoms with E-state index in [1.54, 1.807) is 17.0 Å². The third kappa shape index (κ3) is 3.78. The van der Waals surface area contributed by atoms with Gasteiger partial charge >= 0.3 is 6.18 Å².